The van der Waals surface area contributed by atoms with Gasteiger partial charge in [-0.3, -0.25) is 9.59 Å². The molecule has 1 atom stereocenters. The fourth-order valence-electron chi connectivity index (χ4n) is 3.82. The highest BCUT2D eigenvalue weighted by Gasteiger charge is 2.33. The van der Waals surface area contributed by atoms with E-state index in [0.29, 0.717) is 6.42 Å². The van der Waals surface area contributed by atoms with E-state index in [0.717, 1.165) is 0 Å². The third-order valence-electron chi connectivity index (χ3n) is 5.91. The van der Waals surface area contributed by atoms with Crippen molar-refractivity contribution < 1.29 is 34.4 Å². The van der Waals surface area contributed by atoms with Crippen molar-refractivity contribution in [3.63, 3.8) is 0 Å². The maximum Gasteiger partial charge on any atom is 0.173 e. The summed E-state index contributed by atoms with van der Waals surface area (Å²) in [4.78, 5) is 26.0. The standard InChI is InChI=1S/C24H28O7/c1-7-10(4)18(26)17-22(30)12(6)21(29)16-15-20(28)11(5)19(27)14(13(25)8-9(2)3)23(15)31-24(16)17/h9-10,27-30H,7-8H2,1-6H3. The Morgan fingerprint density at radius 3 is 1.71 bits per heavy atom. The molecule has 3 rings (SSSR count). The minimum absolute atomic E-state index is 0.00247. The maximum absolute atomic E-state index is 13.1. The average molecular weight is 428 g/mol. The largest absolute Gasteiger partial charge is 0.507 e. The van der Waals surface area contributed by atoms with E-state index < -0.39 is 23.2 Å². The van der Waals surface area contributed by atoms with Crippen LogP contribution in [0.3, 0.4) is 0 Å². The van der Waals surface area contributed by atoms with Crippen molar-refractivity contribution >= 4 is 33.5 Å². The van der Waals surface area contributed by atoms with E-state index in [-0.39, 0.29) is 73.8 Å². The van der Waals surface area contributed by atoms with Crippen molar-refractivity contribution in [1.82, 2.24) is 0 Å². The van der Waals surface area contributed by atoms with Gasteiger partial charge in [-0.1, -0.05) is 27.7 Å². The monoisotopic (exact) mass is 428 g/mol. The number of furan rings is 1. The highest BCUT2D eigenvalue weighted by molar-refractivity contribution is 6.23. The summed E-state index contributed by atoms with van der Waals surface area (Å²) in [5.74, 6) is -2.77. The molecule has 2 aromatic carbocycles. The minimum atomic E-state index is -0.433. The number of carbonyl (C=O) groups excluding carboxylic acids is 2. The Hall–Kier alpha value is -3.22. The molecule has 7 heteroatoms. The zero-order valence-electron chi connectivity index (χ0n) is 18.6. The van der Waals surface area contributed by atoms with Crippen LogP contribution in [0.2, 0.25) is 0 Å². The minimum Gasteiger partial charge on any atom is -0.507 e. The third kappa shape index (κ3) is 3.28. The summed E-state index contributed by atoms with van der Waals surface area (Å²) < 4.78 is 5.88. The molecule has 0 spiro atoms. The van der Waals surface area contributed by atoms with Crippen molar-refractivity contribution in [2.75, 3.05) is 0 Å². The smallest absolute Gasteiger partial charge is 0.173 e. The van der Waals surface area contributed by atoms with Gasteiger partial charge in [-0.25, -0.2) is 0 Å². The van der Waals surface area contributed by atoms with Gasteiger partial charge in [0, 0.05) is 23.5 Å². The predicted molar refractivity (Wildman–Crippen MR) is 117 cm³/mol. The molecule has 0 aliphatic carbocycles. The number of benzene rings is 2. The molecule has 0 amide bonds. The van der Waals surface area contributed by atoms with Gasteiger partial charge in [0.1, 0.15) is 34.1 Å². The van der Waals surface area contributed by atoms with E-state index in [1.165, 1.54) is 13.8 Å². The molecular weight excluding hydrogens is 400 g/mol. The van der Waals surface area contributed by atoms with Crippen LogP contribution in [0, 0.1) is 25.7 Å². The van der Waals surface area contributed by atoms with Crippen LogP contribution in [0.1, 0.15) is 72.4 Å². The van der Waals surface area contributed by atoms with Gasteiger partial charge >= 0.3 is 0 Å². The highest BCUT2D eigenvalue weighted by atomic mass is 16.3. The molecule has 0 aliphatic heterocycles. The lowest BCUT2D eigenvalue weighted by Gasteiger charge is -2.13. The summed E-state index contributed by atoms with van der Waals surface area (Å²) in [6.07, 6.45) is 0.641. The lowest BCUT2D eigenvalue weighted by molar-refractivity contribution is 0.0924. The van der Waals surface area contributed by atoms with Gasteiger partial charge in [0.15, 0.2) is 22.7 Å². The summed E-state index contributed by atoms with van der Waals surface area (Å²) in [6, 6.07) is 0. The van der Waals surface area contributed by atoms with Gasteiger partial charge in [-0.15, -0.1) is 0 Å². The number of fused-ring (bicyclic) bond motifs is 3. The molecule has 0 saturated carbocycles. The quantitative estimate of drug-likeness (QED) is 0.383. The maximum atomic E-state index is 13.1. The van der Waals surface area contributed by atoms with Crippen LogP contribution in [0.25, 0.3) is 21.9 Å². The van der Waals surface area contributed by atoms with Gasteiger partial charge < -0.3 is 24.8 Å². The molecule has 1 heterocycles. The summed E-state index contributed by atoms with van der Waals surface area (Å²) >= 11 is 0. The number of ketones is 2. The Balaban J connectivity index is 2.58. The normalized spacial score (nSPS) is 12.7. The van der Waals surface area contributed by atoms with Gasteiger partial charge in [0.25, 0.3) is 0 Å². The van der Waals surface area contributed by atoms with E-state index >= 15 is 0 Å². The van der Waals surface area contributed by atoms with Crippen molar-refractivity contribution in [3.05, 3.63) is 22.3 Å². The Morgan fingerprint density at radius 2 is 1.26 bits per heavy atom. The second-order valence-corrected chi connectivity index (χ2v) is 8.60. The zero-order valence-corrected chi connectivity index (χ0v) is 18.6. The van der Waals surface area contributed by atoms with Crippen LogP contribution in [0.15, 0.2) is 4.42 Å². The molecular formula is C24H28O7. The Bertz CT molecular complexity index is 1230. The van der Waals surface area contributed by atoms with Gasteiger partial charge in [-0.2, -0.15) is 0 Å². The first-order valence-electron chi connectivity index (χ1n) is 10.4. The van der Waals surface area contributed by atoms with Crippen LogP contribution in [0.5, 0.6) is 23.0 Å². The Morgan fingerprint density at radius 1 is 0.806 bits per heavy atom. The first-order chi connectivity index (χ1) is 14.4. The molecule has 7 nitrogen and oxygen atoms in total. The predicted octanol–water partition coefficient (Wildman–Crippen LogP) is 5.48. The van der Waals surface area contributed by atoms with Crippen LogP contribution >= 0.6 is 0 Å². The van der Waals surface area contributed by atoms with Crippen LogP contribution in [-0.4, -0.2) is 32.0 Å². The van der Waals surface area contributed by atoms with Gasteiger partial charge in [-0.05, 0) is 26.2 Å². The van der Waals surface area contributed by atoms with Crippen LogP contribution < -0.4 is 0 Å². The number of phenolic OH excluding ortho intramolecular Hbond substituents is 4. The molecule has 1 aromatic heterocycles. The average Bonchev–Trinajstić information content (AvgIpc) is 3.09. The zero-order chi connectivity index (χ0) is 23.4. The summed E-state index contributed by atoms with van der Waals surface area (Å²) in [6.45, 7) is 10.2. The second kappa shape index (κ2) is 7.80. The summed E-state index contributed by atoms with van der Waals surface area (Å²) in [5.41, 5.74) is -0.368. The molecule has 31 heavy (non-hydrogen) atoms. The molecule has 1 unspecified atom stereocenters. The molecule has 0 saturated heterocycles. The summed E-state index contributed by atoms with van der Waals surface area (Å²) in [7, 11) is 0. The lowest BCUT2D eigenvalue weighted by atomic mass is 9.91. The van der Waals surface area contributed by atoms with Gasteiger partial charge in [0.2, 0.25) is 0 Å². The third-order valence-corrected chi connectivity index (χ3v) is 5.91. The number of phenols is 4. The van der Waals surface area contributed by atoms with Crippen LogP contribution in [-0.2, 0) is 0 Å². The van der Waals surface area contributed by atoms with Crippen molar-refractivity contribution in [3.8, 4) is 23.0 Å². The fourth-order valence-corrected chi connectivity index (χ4v) is 3.82. The number of rotatable bonds is 6. The number of aromatic hydroxyl groups is 4. The van der Waals surface area contributed by atoms with E-state index in [9.17, 15) is 30.0 Å². The van der Waals surface area contributed by atoms with Crippen molar-refractivity contribution in [1.29, 1.82) is 0 Å². The number of carbonyl (C=O) groups is 2. The van der Waals surface area contributed by atoms with Gasteiger partial charge in [0.05, 0.1) is 10.8 Å². The molecule has 166 valence electrons. The van der Waals surface area contributed by atoms with E-state index in [4.69, 9.17) is 4.42 Å². The number of Topliss-reactive ketones (excluding diaryl/α,β-unsaturated/α-hetero) is 2. The van der Waals surface area contributed by atoms with E-state index in [1.807, 2.05) is 20.8 Å². The highest BCUT2D eigenvalue weighted by Crippen LogP contribution is 2.51. The SMILES string of the molecule is CCC(C)C(=O)c1c(O)c(C)c(O)c2c1oc1c(C(=O)CC(C)C)c(O)c(C)c(O)c12. The second-order valence-electron chi connectivity index (χ2n) is 8.60. The lowest BCUT2D eigenvalue weighted by Crippen LogP contribution is -2.11. The summed E-state index contributed by atoms with van der Waals surface area (Å²) in [5, 5.41) is 43.0. The first kappa shape index (κ1) is 22.5. The number of hydrogen-bond acceptors (Lipinski definition) is 7. The molecule has 0 fully saturated rings. The van der Waals surface area contributed by atoms with Crippen molar-refractivity contribution in [2.45, 2.75) is 54.4 Å². The van der Waals surface area contributed by atoms with E-state index in [2.05, 4.69) is 0 Å². The van der Waals surface area contributed by atoms with Crippen molar-refractivity contribution in [2.24, 2.45) is 11.8 Å². The topological polar surface area (TPSA) is 128 Å². The first-order valence-corrected chi connectivity index (χ1v) is 10.4. The number of hydrogen-bond donors (Lipinski definition) is 4. The fraction of sp³-hybridized carbons (Fsp3) is 0.417. The Kier molecular flexibility index (Phi) is 5.65. The molecule has 0 radical (unpaired) electrons. The van der Waals surface area contributed by atoms with Crippen LogP contribution in [0.4, 0.5) is 0 Å². The molecule has 3 aromatic rings. The Labute approximate surface area is 179 Å². The molecule has 0 aliphatic rings. The van der Waals surface area contributed by atoms with E-state index in [1.54, 1.807) is 6.92 Å². The molecule has 0 bridgehead atoms. The molecule has 4 N–H and O–H groups in total.